The fraction of sp³-hybridized carbons (Fsp3) is 1.00. The molecule has 11 heavy (non-hydrogen) atoms. The van der Waals surface area contributed by atoms with Crippen LogP contribution in [0.4, 0.5) is 0 Å². The van der Waals surface area contributed by atoms with E-state index in [-0.39, 0.29) is 0 Å². The van der Waals surface area contributed by atoms with Crippen molar-refractivity contribution >= 4 is 52.2 Å². The Hall–Kier alpha value is 1.53. The number of rotatable bonds is 2. The Morgan fingerprint density at radius 2 is 1.73 bits per heavy atom. The maximum atomic E-state index is 6.11. The molecule has 0 unspecified atom stereocenters. The minimum absolute atomic E-state index is 0.377. The lowest BCUT2D eigenvalue weighted by Gasteiger charge is -2.35. The van der Waals surface area contributed by atoms with Gasteiger partial charge in [-0.15, -0.1) is 22.2 Å². The molecule has 0 atom stereocenters. The van der Waals surface area contributed by atoms with Crippen LogP contribution in [0.5, 0.6) is 0 Å². The van der Waals surface area contributed by atoms with Crippen LogP contribution in [-0.2, 0) is 0 Å². The van der Waals surface area contributed by atoms with E-state index in [0.29, 0.717) is 5.04 Å². The van der Waals surface area contributed by atoms with Crippen LogP contribution in [0.15, 0.2) is 0 Å². The van der Waals surface area contributed by atoms with Gasteiger partial charge in [0.2, 0.25) is 7.42 Å². The molecule has 0 aromatic carbocycles. The molecule has 0 saturated heterocycles. The largest absolute Gasteiger partial charge is 0.243 e. The van der Waals surface area contributed by atoms with Crippen molar-refractivity contribution in [3.8, 4) is 0 Å². The van der Waals surface area contributed by atoms with Crippen LogP contribution in [0, 0.1) is 0 Å². The Balaban J connectivity index is 2.57. The summed E-state index contributed by atoms with van der Waals surface area (Å²) in [6.45, 7) is 0. The van der Waals surface area contributed by atoms with Gasteiger partial charge in [0.1, 0.15) is 0 Å². The van der Waals surface area contributed by atoms with E-state index >= 15 is 0 Å². The fourth-order valence-corrected chi connectivity index (χ4v) is 8.05. The molecule has 1 rings (SSSR count). The molecular weight excluding hydrogens is 310 g/mol. The van der Waals surface area contributed by atoms with E-state index in [1.54, 1.807) is 0 Å². The topological polar surface area (TPSA) is 0 Å². The van der Waals surface area contributed by atoms with Crippen molar-refractivity contribution in [3.63, 3.8) is 0 Å². The lowest BCUT2D eigenvalue weighted by molar-refractivity contribution is 0.410. The number of hydrogen-bond acceptors (Lipinski definition) is 0. The van der Waals surface area contributed by atoms with E-state index in [1.165, 1.54) is 32.1 Å². The van der Waals surface area contributed by atoms with Gasteiger partial charge in [0.05, 0.1) is 0 Å². The van der Waals surface area contributed by atoms with Crippen LogP contribution in [0.25, 0.3) is 0 Å². The highest BCUT2D eigenvalue weighted by Gasteiger charge is 2.38. The number of alkyl halides is 1. The van der Waals surface area contributed by atoms with Crippen LogP contribution < -0.4 is 0 Å². The zero-order valence-electron chi connectivity index (χ0n) is 6.45. The molecule has 1 saturated carbocycles. The maximum absolute atomic E-state index is 6.11. The minimum atomic E-state index is -1.45. The molecule has 0 spiro atoms. The summed E-state index contributed by atoms with van der Waals surface area (Å²) < 4.78 is 1.16. The fourth-order valence-electron chi connectivity index (χ4n) is 1.67. The molecule has 66 valence electrons. The highest BCUT2D eigenvalue weighted by Crippen LogP contribution is 2.49. The molecule has 1 fully saturated rings. The normalized spacial score (nSPS) is 24.0. The smallest absolute Gasteiger partial charge is 0.150 e. The van der Waals surface area contributed by atoms with E-state index in [1.807, 2.05) is 0 Å². The van der Waals surface area contributed by atoms with Gasteiger partial charge in [0.25, 0.3) is 0 Å². The zero-order valence-corrected chi connectivity index (χ0v) is 11.3. The zero-order chi connectivity index (χ0) is 8.32. The van der Waals surface area contributed by atoms with Crippen LogP contribution in [0.2, 0.25) is 5.04 Å². The molecule has 1 aliphatic rings. The molecule has 0 N–H and O–H groups in total. The van der Waals surface area contributed by atoms with E-state index in [0.717, 1.165) is 4.43 Å². The second kappa shape index (κ2) is 4.68. The van der Waals surface area contributed by atoms with E-state index < -0.39 is 7.42 Å². The van der Waals surface area contributed by atoms with Gasteiger partial charge in [0.15, 0.2) is 0 Å². The van der Waals surface area contributed by atoms with Crippen molar-refractivity contribution < 1.29 is 0 Å². The van der Waals surface area contributed by atoms with Gasteiger partial charge >= 0.3 is 0 Å². The maximum Gasteiger partial charge on any atom is 0.243 e. The quantitative estimate of drug-likeness (QED) is 0.314. The summed E-state index contributed by atoms with van der Waals surface area (Å²) in [6.07, 6.45) is 6.62. The first-order valence-electron chi connectivity index (χ1n) is 4.05. The van der Waals surface area contributed by atoms with Crippen molar-refractivity contribution in [1.82, 2.24) is 0 Å². The molecule has 0 aromatic heterocycles. The summed E-state index contributed by atoms with van der Waals surface area (Å²) in [5, 5.41) is 0.377. The van der Waals surface area contributed by atoms with Crippen molar-refractivity contribution in [2.45, 2.75) is 37.1 Å². The third-order valence-corrected chi connectivity index (χ3v) is 9.41. The van der Waals surface area contributed by atoms with Crippen LogP contribution in [0.3, 0.4) is 0 Å². The Morgan fingerprint density at radius 3 is 2.00 bits per heavy atom. The Morgan fingerprint density at radius 1 is 1.18 bits per heavy atom. The van der Waals surface area contributed by atoms with E-state index in [9.17, 15) is 0 Å². The van der Waals surface area contributed by atoms with Crippen molar-refractivity contribution in [2.75, 3.05) is 4.43 Å². The molecule has 0 heterocycles. The van der Waals surface area contributed by atoms with Crippen LogP contribution in [-0.4, -0.2) is 11.8 Å². The lowest BCUT2D eigenvalue weighted by atomic mass is 9.90. The second-order valence-electron chi connectivity index (χ2n) is 3.36. The third kappa shape index (κ3) is 2.48. The van der Waals surface area contributed by atoms with Gasteiger partial charge in [-0.2, -0.15) is 0 Å². The van der Waals surface area contributed by atoms with Gasteiger partial charge in [-0.1, -0.05) is 41.9 Å². The summed E-state index contributed by atoms with van der Waals surface area (Å²) in [4.78, 5) is 0. The van der Waals surface area contributed by atoms with E-state index in [4.69, 9.17) is 22.2 Å². The molecule has 0 radical (unpaired) electrons. The standard InChI is InChI=1S/C7H13Cl2ISi/c8-11(9)7(6-10)4-2-1-3-5-7/h11H,1-6H2. The molecule has 0 aromatic rings. The SMILES string of the molecule is Cl[SiH](Cl)C1(CI)CCCCC1. The van der Waals surface area contributed by atoms with Crippen molar-refractivity contribution in [1.29, 1.82) is 0 Å². The summed E-state index contributed by atoms with van der Waals surface area (Å²) in [7, 11) is -1.45. The van der Waals surface area contributed by atoms with Gasteiger partial charge < -0.3 is 0 Å². The first-order valence-corrected chi connectivity index (χ1v) is 9.65. The Bertz CT molecular complexity index is 124. The first-order chi connectivity index (χ1) is 5.21. The molecule has 1 aliphatic carbocycles. The second-order valence-corrected chi connectivity index (χ2v) is 9.24. The Labute approximate surface area is 93.2 Å². The Kier molecular flexibility index (Phi) is 4.51. The average molecular weight is 323 g/mol. The number of halogens is 3. The predicted octanol–water partition coefficient (Wildman–Crippen LogP) is 3.82. The first kappa shape index (κ1) is 10.6. The molecule has 0 bridgehead atoms. The monoisotopic (exact) mass is 322 g/mol. The molecule has 0 nitrogen and oxygen atoms in total. The number of hydrogen-bond donors (Lipinski definition) is 0. The summed E-state index contributed by atoms with van der Waals surface area (Å²) >= 11 is 14.7. The summed E-state index contributed by atoms with van der Waals surface area (Å²) in [6, 6.07) is 0. The van der Waals surface area contributed by atoms with Crippen molar-refractivity contribution in [2.24, 2.45) is 0 Å². The van der Waals surface area contributed by atoms with E-state index in [2.05, 4.69) is 22.6 Å². The molecule has 0 aliphatic heterocycles. The highest BCUT2D eigenvalue weighted by molar-refractivity contribution is 14.1. The summed E-state index contributed by atoms with van der Waals surface area (Å²) in [5.74, 6) is 0. The van der Waals surface area contributed by atoms with Gasteiger partial charge in [0, 0.05) is 4.43 Å². The average Bonchev–Trinajstić information content (AvgIpc) is 2.05. The molecule has 0 amide bonds. The van der Waals surface area contributed by atoms with Crippen molar-refractivity contribution in [3.05, 3.63) is 0 Å². The lowest BCUT2D eigenvalue weighted by Crippen LogP contribution is -2.28. The third-order valence-electron chi connectivity index (χ3n) is 2.58. The predicted molar refractivity (Wildman–Crippen MR) is 63.5 cm³/mol. The van der Waals surface area contributed by atoms with Gasteiger partial charge in [-0.05, 0) is 17.9 Å². The van der Waals surface area contributed by atoms with Crippen LogP contribution in [0.1, 0.15) is 32.1 Å². The molecule has 4 heteroatoms. The van der Waals surface area contributed by atoms with Crippen LogP contribution >= 0.6 is 44.7 Å². The van der Waals surface area contributed by atoms with Gasteiger partial charge in [-0.3, -0.25) is 0 Å². The summed E-state index contributed by atoms with van der Waals surface area (Å²) in [5.41, 5.74) is 0. The minimum Gasteiger partial charge on any atom is -0.150 e. The highest BCUT2D eigenvalue weighted by atomic mass is 127. The van der Waals surface area contributed by atoms with Gasteiger partial charge in [-0.25, -0.2) is 0 Å². The molecular formula is C7H13Cl2ISi.